The second-order valence-corrected chi connectivity index (χ2v) is 5.74. The van der Waals surface area contributed by atoms with E-state index < -0.39 is 6.10 Å². The highest BCUT2D eigenvalue weighted by molar-refractivity contribution is 5.80. The van der Waals surface area contributed by atoms with E-state index >= 15 is 0 Å². The zero-order valence-electron chi connectivity index (χ0n) is 14.4. The largest absolute Gasteiger partial charge is 0.481 e. The van der Waals surface area contributed by atoms with Gasteiger partial charge in [0.1, 0.15) is 11.6 Å². The lowest BCUT2D eigenvalue weighted by Crippen LogP contribution is -2.36. The van der Waals surface area contributed by atoms with E-state index in [-0.39, 0.29) is 11.7 Å². The Morgan fingerprint density at radius 2 is 1.79 bits per heavy atom. The molecule has 2 aromatic rings. The van der Waals surface area contributed by atoms with Gasteiger partial charge in [-0.25, -0.2) is 4.39 Å². The second-order valence-electron chi connectivity index (χ2n) is 5.74. The molecule has 0 saturated heterocycles. The Hall–Kier alpha value is -2.36. The molecule has 0 aliphatic carbocycles. The van der Waals surface area contributed by atoms with Crippen LogP contribution in [-0.2, 0) is 24.2 Å². The zero-order chi connectivity index (χ0) is 17.5. The summed E-state index contributed by atoms with van der Waals surface area (Å²) >= 11 is 0. The highest BCUT2D eigenvalue weighted by Crippen LogP contribution is 2.15. The van der Waals surface area contributed by atoms with Crippen molar-refractivity contribution in [1.82, 2.24) is 5.32 Å². The number of benzene rings is 2. The molecule has 4 heteroatoms. The Kier molecular flexibility index (Phi) is 6.36. The maximum atomic E-state index is 12.9. The smallest absolute Gasteiger partial charge is 0.261 e. The molecule has 1 amide bonds. The summed E-state index contributed by atoms with van der Waals surface area (Å²) in [5.74, 6) is -0.0492. The predicted octanol–water partition coefficient (Wildman–Crippen LogP) is 4.03. The third kappa shape index (κ3) is 4.82. The van der Waals surface area contributed by atoms with Crippen molar-refractivity contribution in [2.75, 3.05) is 0 Å². The van der Waals surface area contributed by atoms with Gasteiger partial charge < -0.3 is 10.1 Å². The number of ether oxygens (including phenoxy) is 1. The summed E-state index contributed by atoms with van der Waals surface area (Å²) in [6, 6.07) is 12.0. The summed E-state index contributed by atoms with van der Waals surface area (Å²) in [6.07, 6.45) is 1.25. The molecule has 2 rings (SSSR count). The summed E-state index contributed by atoms with van der Waals surface area (Å²) in [7, 11) is 0. The van der Waals surface area contributed by atoms with Gasteiger partial charge in [0.05, 0.1) is 0 Å². The molecule has 0 aromatic heterocycles. The summed E-state index contributed by atoms with van der Waals surface area (Å²) < 4.78 is 18.4. The fourth-order valence-corrected chi connectivity index (χ4v) is 2.51. The van der Waals surface area contributed by atoms with E-state index in [9.17, 15) is 9.18 Å². The minimum Gasteiger partial charge on any atom is -0.481 e. The quantitative estimate of drug-likeness (QED) is 0.833. The van der Waals surface area contributed by atoms with Crippen molar-refractivity contribution in [2.24, 2.45) is 0 Å². The zero-order valence-corrected chi connectivity index (χ0v) is 14.4. The number of halogens is 1. The van der Waals surface area contributed by atoms with Crippen LogP contribution in [0.3, 0.4) is 0 Å². The van der Waals surface area contributed by atoms with Crippen LogP contribution in [0.5, 0.6) is 5.75 Å². The number of rotatable bonds is 7. The number of hydrogen-bond donors (Lipinski definition) is 1. The molecule has 0 spiro atoms. The maximum Gasteiger partial charge on any atom is 0.261 e. The number of nitrogens with one attached hydrogen (secondary N) is 1. The number of carbonyl (C=O) groups excluding carboxylic acids is 1. The van der Waals surface area contributed by atoms with Crippen LogP contribution in [0.25, 0.3) is 0 Å². The molecule has 0 radical (unpaired) electrons. The van der Waals surface area contributed by atoms with Crippen LogP contribution in [0, 0.1) is 5.82 Å². The first-order valence-electron chi connectivity index (χ1n) is 8.34. The van der Waals surface area contributed by atoms with Gasteiger partial charge >= 0.3 is 0 Å². The van der Waals surface area contributed by atoms with E-state index in [0.29, 0.717) is 12.3 Å². The minimum atomic E-state index is -0.644. The fourth-order valence-electron chi connectivity index (χ4n) is 2.51. The molecule has 0 saturated carbocycles. The van der Waals surface area contributed by atoms with Crippen LogP contribution in [0.1, 0.15) is 37.5 Å². The normalized spacial score (nSPS) is 11.8. The predicted molar refractivity (Wildman–Crippen MR) is 93.5 cm³/mol. The van der Waals surface area contributed by atoms with Crippen molar-refractivity contribution < 1.29 is 13.9 Å². The summed E-state index contributed by atoms with van der Waals surface area (Å²) in [4.78, 5) is 12.2. The molecule has 0 aliphatic rings. The first-order valence-corrected chi connectivity index (χ1v) is 8.34. The number of carbonyl (C=O) groups is 1. The van der Waals surface area contributed by atoms with Gasteiger partial charge in [0.15, 0.2) is 6.10 Å². The van der Waals surface area contributed by atoms with E-state index in [1.807, 2.05) is 0 Å². The first kappa shape index (κ1) is 18.0. The maximum absolute atomic E-state index is 12.9. The molecular formula is C20H24FNO2. The van der Waals surface area contributed by atoms with Gasteiger partial charge in [-0.15, -0.1) is 0 Å². The number of hydrogen-bond acceptors (Lipinski definition) is 2. The standard InChI is InChI=1S/C20H24FNO2/c1-4-15-6-7-16(5-2)17(12-15)13-22-20(23)14(3)24-19-10-8-18(21)9-11-19/h6-12,14H,4-5,13H2,1-3H3,(H,22,23)/t14-/m0/s1. The highest BCUT2D eigenvalue weighted by Gasteiger charge is 2.15. The van der Waals surface area contributed by atoms with Crippen LogP contribution >= 0.6 is 0 Å². The van der Waals surface area contributed by atoms with Crippen LogP contribution in [0.4, 0.5) is 4.39 Å². The van der Waals surface area contributed by atoms with Crippen LogP contribution in [-0.4, -0.2) is 12.0 Å². The fraction of sp³-hybridized carbons (Fsp3) is 0.350. The van der Waals surface area contributed by atoms with Crippen molar-refractivity contribution in [3.63, 3.8) is 0 Å². The van der Waals surface area contributed by atoms with Crippen molar-refractivity contribution in [1.29, 1.82) is 0 Å². The molecule has 0 heterocycles. The summed E-state index contributed by atoms with van der Waals surface area (Å²) in [5, 5.41) is 2.92. The Morgan fingerprint density at radius 1 is 1.08 bits per heavy atom. The third-order valence-corrected chi connectivity index (χ3v) is 4.01. The van der Waals surface area contributed by atoms with E-state index in [1.165, 1.54) is 35.4 Å². The van der Waals surface area contributed by atoms with E-state index in [0.717, 1.165) is 18.4 Å². The average molecular weight is 329 g/mol. The van der Waals surface area contributed by atoms with E-state index in [1.54, 1.807) is 6.92 Å². The van der Waals surface area contributed by atoms with Crippen molar-refractivity contribution in [2.45, 2.75) is 46.3 Å². The van der Waals surface area contributed by atoms with Crippen LogP contribution in [0.2, 0.25) is 0 Å². The Bertz CT molecular complexity index is 683. The van der Waals surface area contributed by atoms with Gasteiger partial charge in [-0.3, -0.25) is 4.79 Å². The molecule has 0 bridgehead atoms. The number of aryl methyl sites for hydroxylation is 2. The molecule has 24 heavy (non-hydrogen) atoms. The molecule has 0 unspecified atom stereocenters. The molecule has 128 valence electrons. The van der Waals surface area contributed by atoms with E-state index in [4.69, 9.17) is 4.74 Å². The molecule has 3 nitrogen and oxygen atoms in total. The topological polar surface area (TPSA) is 38.3 Å². The molecule has 1 atom stereocenters. The molecule has 0 aliphatic heterocycles. The monoisotopic (exact) mass is 329 g/mol. The van der Waals surface area contributed by atoms with Gasteiger partial charge in [0, 0.05) is 6.54 Å². The first-order chi connectivity index (χ1) is 11.5. The lowest BCUT2D eigenvalue weighted by atomic mass is 10.0. The molecule has 2 aromatic carbocycles. The molecule has 0 fully saturated rings. The van der Waals surface area contributed by atoms with Gasteiger partial charge in [0.25, 0.3) is 5.91 Å². The van der Waals surface area contributed by atoms with Gasteiger partial charge in [-0.2, -0.15) is 0 Å². The Morgan fingerprint density at radius 3 is 2.42 bits per heavy atom. The Labute approximate surface area is 142 Å². The summed E-state index contributed by atoms with van der Waals surface area (Å²) in [5.41, 5.74) is 3.63. The van der Waals surface area contributed by atoms with Gasteiger partial charge in [0.2, 0.25) is 0 Å². The van der Waals surface area contributed by atoms with Crippen molar-refractivity contribution in [3.8, 4) is 5.75 Å². The minimum absolute atomic E-state index is 0.191. The van der Waals surface area contributed by atoms with Crippen molar-refractivity contribution in [3.05, 3.63) is 65.0 Å². The molecular weight excluding hydrogens is 305 g/mol. The average Bonchev–Trinajstić information content (AvgIpc) is 2.61. The van der Waals surface area contributed by atoms with Gasteiger partial charge in [-0.05, 0) is 60.7 Å². The van der Waals surface area contributed by atoms with Gasteiger partial charge in [-0.1, -0.05) is 32.0 Å². The third-order valence-electron chi connectivity index (χ3n) is 4.01. The SMILES string of the molecule is CCc1ccc(CC)c(CNC(=O)[C@H](C)Oc2ccc(F)cc2)c1. The van der Waals surface area contributed by atoms with Crippen LogP contribution in [0.15, 0.2) is 42.5 Å². The van der Waals surface area contributed by atoms with Crippen LogP contribution < -0.4 is 10.1 Å². The lowest BCUT2D eigenvalue weighted by Gasteiger charge is -2.16. The second kappa shape index (κ2) is 8.48. The summed E-state index contributed by atoms with van der Waals surface area (Å²) in [6.45, 7) is 6.38. The Balaban J connectivity index is 1.95. The van der Waals surface area contributed by atoms with E-state index in [2.05, 4.69) is 37.4 Å². The lowest BCUT2D eigenvalue weighted by molar-refractivity contribution is -0.127. The molecule has 1 N–H and O–H groups in total. The highest BCUT2D eigenvalue weighted by atomic mass is 19.1. The van der Waals surface area contributed by atoms with Crippen molar-refractivity contribution >= 4 is 5.91 Å². The number of amides is 1.